The lowest BCUT2D eigenvalue weighted by atomic mass is 10.1. The van der Waals surface area contributed by atoms with Gasteiger partial charge in [0.15, 0.2) is 5.76 Å². The molecule has 4 rings (SSSR count). The summed E-state index contributed by atoms with van der Waals surface area (Å²) in [5, 5.41) is 14.0. The summed E-state index contributed by atoms with van der Waals surface area (Å²) in [5.74, 6) is 1.44. The van der Waals surface area contributed by atoms with Crippen molar-refractivity contribution in [1.29, 1.82) is 0 Å². The molecule has 0 aliphatic carbocycles. The van der Waals surface area contributed by atoms with Gasteiger partial charge in [-0.15, -0.1) is 0 Å². The largest absolute Gasteiger partial charge is 0.497 e. The second-order valence-electron chi connectivity index (χ2n) is 6.75. The minimum absolute atomic E-state index is 0.198. The minimum Gasteiger partial charge on any atom is -0.497 e. The van der Waals surface area contributed by atoms with E-state index in [-0.39, 0.29) is 30.2 Å². The van der Waals surface area contributed by atoms with E-state index in [1.807, 2.05) is 0 Å². The fraction of sp³-hybridized carbons (Fsp3) is 0.182. The maximum absolute atomic E-state index is 12.5. The first-order valence-corrected chi connectivity index (χ1v) is 9.77. The van der Waals surface area contributed by atoms with Crippen LogP contribution in [-0.2, 0) is 6.54 Å². The molecule has 0 bridgehead atoms. The van der Waals surface area contributed by atoms with E-state index in [1.165, 1.54) is 17.0 Å². The smallest absolute Gasteiger partial charge is 0.269 e. The van der Waals surface area contributed by atoms with Crippen molar-refractivity contribution in [1.82, 2.24) is 25.3 Å². The number of carbonyl (C=O) groups excluding carboxylic acids is 1. The number of carbonyl (C=O) groups is 1. The van der Waals surface area contributed by atoms with Gasteiger partial charge in [0, 0.05) is 18.2 Å². The van der Waals surface area contributed by atoms with Gasteiger partial charge in [-0.2, -0.15) is 10.2 Å². The molecule has 0 unspecified atom stereocenters. The van der Waals surface area contributed by atoms with E-state index in [9.17, 15) is 9.59 Å². The Bertz CT molecular complexity index is 1280. The van der Waals surface area contributed by atoms with Crippen LogP contribution < -0.4 is 20.3 Å². The van der Waals surface area contributed by atoms with Gasteiger partial charge in [0.1, 0.15) is 22.9 Å². The molecule has 0 aliphatic rings. The van der Waals surface area contributed by atoms with E-state index in [2.05, 4.69) is 20.6 Å². The Morgan fingerprint density at radius 1 is 1.12 bits per heavy atom. The van der Waals surface area contributed by atoms with Gasteiger partial charge in [-0.1, -0.05) is 0 Å². The highest BCUT2D eigenvalue weighted by molar-refractivity contribution is 5.93. The highest BCUT2D eigenvalue weighted by Crippen LogP contribution is 2.32. The fourth-order valence-corrected chi connectivity index (χ4v) is 3.13. The lowest BCUT2D eigenvalue weighted by Gasteiger charge is -2.08. The summed E-state index contributed by atoms with van der Waals surface area (Å²) in [6, 6.07) is 13.4. The van der Waals surface area contributed by atoms with E-state index in [1.54, 1.807) is 56.7 Å². The highest BCUT2D eigenvalue weighted by atomic mass is 16.5. The third kappa shape index (κ3) is 4.38. The highest BCUT2D eigenvalue weighted by Gasteiger charge is 2.15. The summed E-state index contributed by atoms with van der Waals surface area (Å²) in [5.41, 5.74) is 1.76. The molecule has 0 saturated heterocycles. The molecule has 3 aromatic heterocycles. The molecule has 10 heteroatoms. The predicted octanol–water partition coefficient (Wildman–Crippen LogP) is 2.34. The fourth-order valence-electron chi connectivity index (χ4n) is 3.13. The Labute approximate surface area is 182 Å². The summed E-state index contributed by atoms with van der Waals surface area (Å²) >= 11 is 0. The second-order valence-corrected chi connectivity index (χ2v) is 6.75. The molecule has 2 N–H and O–H groups in total. The van der Waals surface area contributed by atoms with Crippen LogP contribution in [0.2, 0.25) is 0 Å². The molecule has 1 amide bonds. The number of H-pyrrole nitrogens is 1. The van der Waals surface area contributed by atoms with Crippen LogP contribution in [0.25, 0.3) is 22.7 Å². The van der Waals surface area contributed by atoms with Gasteiger partial charge in [-0.05, 0) is 42.5 Å². The van der Waals surface area contributed by atoms with E-state index in [0.717, 1.165) is 0 Å². The van der Waals surface area contributed by atoms with Crippen LogP contribution in [0.3, 0.4) is 0 Å². The molecular formula is C22H21N5O5. The number of nitrogens with zero attached hydrogens (tertiary/aromatic N) is 3. The van der Waals surface area contributed by atoms with Crippen LogP contribution in [0.15, 0.2) is 64.0 Å². The number of benzene rings is 1. The number of nitrogens with one attached hydrogen (secondary N) is 2. The molecule has 10 nitrogen and oxygen atoms in total. The topological polar surface area (TPSA) is 124 Å². The average molecular weight is 435 g/mol. The molecule has 0 aliphatic heterocycles. The number of aromatic amines is 1. The van der Waals surface area contributed by atoms with Gasteiger partial charge < -0.3 is 19.2 Å². The van der Waals surface area contributed by atoms with Crippen molar-refractivity contribution in [3.8, 4) is 34.2 Å². The van der Waals surface area contributed by atoms with Crippen molar-refractivity contribution >= 4 is 5.91 Å². The second kappa shape index (κ2) is 9.21. The molecule has 1 aromatic carbocycles. The van der Waals surface area contributed by atoms with Crippen LogP contribution in [-0.4, -0.2) is 46.6 Å². The van der Waals surface area contributed by atoms with Crippen molar-refractivity contribution in [2.45, 2.75) is 6.54 Å². The summed E-state index contributed by atoms with van der Waals surface area (Å²) in [7, 11) is 3.13. The first-order chi connectivity index (χ1) is 15.6. The molecule has 0 spiro atoms. The summed E-state index contributed by atoms with van der Waals surface area (Å²) in [4.78, 5) is 24.6. The number of hydrogen-bond acceptors (Lipinski definition) is 7. The lowest BCUT2D eigenvalue weighted by Crippen LogP contribution is -2.32. The maximum Gasteiger partial charge on any atom is 0.269 e. The zero-order chi connectivity index (χ0) is 22.5. The van der Waals surface area contributed by atoms with Gasteiger partial charge in [-0.3, -0.25) is 14.7 Å². The third-order valence-corrected chi connectivity index (χ3v) is 4.75. The van der Waals surface area contributed by atoms with Crippen molar-refractivity contribution in [3.05, 3.63) is 70.8 Å². The monoisotopic (exact) mass is 435 g/mol. The zero-order valence-electron chi connectivity index (χ0n) is 17.5. The van der Waals surface area contributed by atoms with Gasteiger partial charge in [0.25, 0.3) is 11.5 Å². The molecule has 0 radical (unpaired) electrons. The number of aromatic nitrogens is 4. The van der Waals surface area contributed by atoms with Gasteiger partial charge >= 0.3 is 0 Å². The van der Waals surface area contributed by atoms with Crippen molar-refractivity contribution in [2.24, 2.45) is 0 Å². The molecule has 0 atom stereocenters. The number of rotatable bonds is 8. The van der Waals surface area contributed by atoms with E-state index in [4.69, 9.17) is 13.9 Å². The zero-order valence-corrected chi connectivity index (χ0v) is 17.5. The van der Waals surface area contributed by atoms with E-state index < -0.39 is 0 Å². The molecule has 3 heterocycles. The van der Waals surface area contributed by atoms with Crippen LogP contribution in [0, 0.1) is 0 Å². The van der Waals surface area contributed by atoms with Crippen LogP contribution in [0.5, 0.6) is 11.5 Å². The number of methoxy groups -OCH3 is 2. The van der Waals surface area contributed by atoms with Crippen LogP contribution >= 0.6 is 0 Å². The van der Waals surface area contributed by atoms with Gasteiger partial charge in [0.2, 0.25) is 0 Å². The van der Waals surface area contributed by atoms with Crippen LogP contribution in [0.4, 0.5) is 0 Å². The normalized spacial score (nSPS) is 10.7. The Balaban J connectivity index is 1.43. The van der Waals surface area contributed by atoms with E-state index >= 15 is 0 Å². The summed E-state index contributed by atoms with van der Waals surface area (Å²) in [6.07, 6.45) is 1.53. The average Bonchev–Trinajstić information content (AvgIpc) is 3.52. The SMILES string of the molecule is COc1ccc(OC)c(-c2cc(C(=O)NCCn3nc(-c4ccco4)ccc3=O)[nH]n2)c1. The lowest BCUT2D eigenvalue weighted by molar-refractivity contribution is 0.0946. The molecular weight excluding hydrogens is 414 g/mol. The summed E-state index contributed by atoms with van der Waals surface area (Å²) in [6.45, 7) is 0.397. The first-order valence-electron chi connectivity index (χ1n) is 9.77. The Morgan fingerprint density at radius 2 is 2.00 bits per heavy atom. The number of hydrogen-bond donors (Lipinski definition) is 2. The Morgan fingerprint density at radius 3 is 2.75 bits per heavy atom. The molecule has 164 valence electrons. The standard InChI is InChI=1S/C22H21N5O5/c1-30-14-5-7-19(31-2)15(12-14)17-13-18(25-24-17)22(29)23-9-10-27-21(28)8-6-16(26-27)20-4-3-11-32-20/h3-8,11-13H,9-10H2,1-2H3,(H,23,29)(H,24,25). The van der Waals surface area contributed by atoms with E-state index in [0.29, 0.717) is 34.2 Å². The predicted molar refractivity (Wildman–Crippen MR) is 116 cm³/mol. The Kier molecular flexibility index (Phi) is 6.02. The Hall–Kier alpha value is -4.34. The molecule has 0 fully saturated rings. The molecule has 32 heavy (non-hydrogen) atoms. The number of furan rings is 1. The van der Waals surface area contributed by atoms with Crippen LogP contribution in [0.1, 0.15) is 10.5 Å². The summed E-state index contributed by atoms with van der Waals surface area (Å²) < 4.78 is 17.2. The minimum atomic E-state index is -0.360. The molecule has 4 aromatic rings. The van der Waals surface area contributed by atoms with Crippen molar-refractivity contribution < 1.29 is 18.7 Å². The van der Waals surface area contributed by atoms with Gasteiger partial charge in [-0.25, -0.2) is 4.68 Å². The number of amides is 1. The maximum atomic E-state index is 12.5. The third-order valence-electron chi connectivity index (χ3n) is 4.75. The van der Waals surface area contributed by atoms with Crippen molar-refractivity contribution in [3.63, 3.8) is 0 Å². The number of ether oxygens (including phenoxy) is 2. The van der Waals surface area contributed by atoms with Crippen molar-refractivity contribution in [2.75, 3.05) is 20.8 Å². The molecule has 0 saturated carbocycles. The first kappa shape index (κ1) is 20.9. The quantitative estimate of drug-likeness (QED) is 0.435. The van der Waals surface area contributed by atoms with Gasteiger partial charge in [0.05, 0.1) is 32.7 Å².